The molecule has 0 spiro atoms. The van der Waals surface area contributed by atoms with Crippen molar-refractivity contribution in [3.63, 3.8) is 0 Å². The average Bonchev–Trinajstić information content (AvgIpc) is 2.79. The monoisotopic (exact) mass is 689 g/mol. The summed E-state index contributed by atoms with van der Waals surface area (Å²) in [6.07, 6.45) is 3.21. The zero-order valence-corrected chi connectivity index (χ0v) is 27.8. The van der Waals surface area contributed by atoms with Gasteiger partial charge in [-0.2, -0.15) is 8.42 Å². The van der Waals surface area contributed by atoms with E-state index in [1.54, 1.807) is 0 Å². The summed E-state index contributed by atoms with van der Waals surface area (Å²) in [4.78, 5) is 27.9. The van der Waals surface area contributed by atoms with E-state index in [1.807, 2.05) is 0 Å². The number of pyridine rings is 2. The van der Waals surface area contributed by atoms with Crippen molar-refractivity contribution in [2.24, 2.45) is 0 Å². The third kappa shape index (κ3) is 8.40. The number of aromatic hydroxyl groups is 2. The molecule has 2 heterocycles. The van der Waals surface area contributed by atoms with Crippen molar-refractivity contribution >= 4 is 79.0 Å². The van der Waals surface area contributed by atoms with Gasteiger partial charge in [0.1, 0.15) is 26.0 Å². The van der Waals surface area contributed by atoms with Crippen LogP contribution in [0.25, 0.3) is 21.8 Å². The Morgan fingerprint density at radius 1 is 0.763 bits per heavy atom. The van der Waals surface area contributed by atoms with Crippen LogP contribution >= 0.6 is 0 Å². The summed E-state index contributed by atoms with van der Waals surface area (Å²) in [5.41, 5.74) is -0.675. The van der Waals surface area contributed by atoms with Crippen LogP contribution in [-0.2, 0) is 20.2 Å². The van der Waals surface area contributed by atoms with Crippen molar-refractivity contribution in [3.8, 4) is 11.5 Å². The number of hydrogen-bond donors (Lipinski definition) is 3. The maximum Gasteiger partial charge on any atom is 1.00 e. The molecule has 0 bridgehead atoms. The molecule has 0 aliphatic rings. The second-order valence-corrected chi connectivity index (χ2v) is 9.33. The van der Waals surface area contributed by atoms with Crippen LogP contribution in [0.3, 0.4) is 0 Å². The van der Waals surface area contributed by atoms with Gasteiger partial charge in [-0.15, -0.1) is 0 Å². The molecule has 13 nitrogen and oxygen atoms in total. The van der Waals surface area contributed by atoms with E-state index in [-0.39, 0.29) is 135 Å². The van der Waals surface area contributed by atoms with Crippen molar-refractivity contribution in [1.29, 1.82) is 0 Å². The van der Waals surface area contributed by atoms with Crippen molar-refractivity contribution in [2.75, 3.05) is 0 Å². The Hall–Kier alpha value is -1.20. The van der Waals surface area contributed by atoms with Crippen LogP contribution in [0.15, 0.2) is 58.6 Å². The van der Waals surface area contributed by atoms with Gasteiger partial charge in [-0.25, -0.2) is 8.42 Å². The molecule has 0 saturated carbocycles. The number of fused-ring (bicyclic) bond motifs is 2. The van der Waals surface area contributed by atoms with E-state index in [4.69, 9.17) is 4.55 Å². The average molecular weight is 690 g/mol. The van der Waals surface area contributed by atoms with Crippen LogP contribution in [0.1, 0.15) is 20.7 Å². The van der Waals surface area contributed by atoms with Crippen LogP contribution in [0.5, 0.6) is 11.5 Å². The number of aromatic nitrogens is 2. The predicted molar refractivity (Wildman–Crippen MR) is 123 cm³/mol. The molecule has 0 atom stereocenters. The smallest absolute Gasteiger partial charge is 0.870 e. The number of hydrogen-bond acceptors (Lipinski definition) is 12. The van der Waals surface area contributed by atoms with Crippen molar-refractivity contribution in [3.05, 3.63) is 59.9 Å². The van der Waals surface area contributed by atoms with Crippen LogP contribution in [0.4, 0.5) is 0 Å². The number of carbonyl (C=O) groups excluding carboxylic acids is 2. The molecule has 0 fully saturated rings. The third-order valence-electron chi connectivity index (χ3n) is 4.52. The second kappa shape index (κ2) is 15.6. The van der Waals surface area contributed by atoms with Crippen molar-refractivity contribution in [2.45, 2.75) is 9.79 Å². The first kappa shape index (κ1) is 38.9. The topological polar surface area (TPSA) is 242 Å². The van der Waals surface area contributed by atoms with Gasteiger partial charge in [0.15, 0.2) is 24.1 Å². The first-order valence-electron chi connectivity index (χ1n) is 8.95. The van der Waals surface area contributed by atoms with E-state index in [1.165, 1.54) is 36.7 Å². The van der Waals surface area contributed by atoms with E-state index in [0.717, 1.165) is 12.1 Å². The fourth-order valence-electron chi connectivity index (χ4n) is 3.03. The molecule has 0 aliphatic heterocycles. The molecule has 0 aliphatic carbocycles. The van der Waals surface area contributed by atoms with E-state index in [2.05, 4.69) is 9.97 Å². The SMILES string of the molecule is O=Cc1cc(S(=O)(=O)O)c2cccnc2c1O.O=Cc1cc(S(=O)(=O)[O-])c2cccnc2c1O.[Na+].[Na+].[OH-].[Sb]. The Morgan fingerprint density at radius 3 is 1.47 bits per heavy atom. The summed E-state index contributed by atoms with van der Waals surface area (Å²) < 4.78 is 64.5. The van der Waals surface area contributed by atoms with E-state index in [9.17, 15) is 41.2 Å². The second-order valence-electron chi connectivity index (χ2n) is 6.59. The minimum atomic E-state index is -4.74. The summed E-state index contributed by atoms with van der Waals surface area (Å²) >= 11 is 0. The molecule has 0 unspecified atom stereocenters. The van der Waals surface area contributed by atoms with Gasteiger partial charge in [0, 0.05) is 47.6 Å². The quantitative estimate of drug-likeness (QED) is 0.104. The van der Waals surface area contributed by atoms with Crippen molar-refractivity contribution < 1.29 is 110 Å². The van der Waals surface area contributed by atoms with Crippen LogP contribution < -0.4 is 59.1 Å². The Labute approximate surface area is 277 Å². The molecular formula is C20H14N2Na2O11S2Sb. The largest absolute Gasteiger partial charge is 1.00 e. The van der Waals surface area contributed by atoms with Gasteiger partial charge >= 0.3 is 59.1 Å². The molecule has 38 heavy (non-hydrogen) atoms. The summed E-state index contributed by atoms with van der Waals surface area (Å²) in [7, 11) is -9.23. The first-order chi connectivity index (χ1) is 15.9. The standard InChI is InChI=1S/2C10H7NO5S.2Na.H2O.Sb/c2*12-5-6-4-8(17(14,15)16)7-2-1-3-11-9(7)10(6)13;;;;/h2*1-5,13H,(H,14,15,16);;;1H2;/q;;2*+1;;/p-2. The Morgan fingerprint density at radius 2 is 1.13 bits per heavy atom. The maximum absolute atomic E-state index is 11.2. The molecular weight excluding hydrogens is 676 g/mol. The molecule has 18 heteroatoms. The van der Waals surface area contributed by atoms with E-state index < -0.39 is 41.5 Å². The van der Waals surface area contributed by atoms with Gasteiger partial charge in [-0.1, -0.05) is 0 Å². The first-order valence-corrected chi connectivity index (χ1v) is 11.8. The van der Waals surface area contributed by atoms with Crippen molar-refractivity contribution in [1.82, 2.24) is 9.97 Å². The van der Waals surface area contributed by atoms with Gasteiger partial charge in [-0.3, -0.25) is 24.1 Å². The van der Waals surface area contributed by atoms with Gasteiger partial charge < -0.3 is 20.2 Å². The van der Waals surface area contributed by atoms with Gasteiger partial charge in [0.2, 0.25) is 0 Å². The number of aldehydes is 2. The molecule has 4 rings (SSSR count). The number of nitrogens with zero attached hydrogens (tertiary/aromatic N) is 2. The zero-order valence-electron chi connectivity index (χ0n) is 19.6. The van der Waals surface area contributed by atoms with Gasteiger partial charge in [-0.05, 0) is 36.4 Å². The minimum absolute atomic E-state index is 0. The molecule has 0 saturated heterocycles. The number of carbonyl (C=O) groups is 2. The fourth-order valence-corrected chi connectivity index (χ4v) is 4.46. The van der Waals surface area contributed by atoms with E-state index >= 15 is 0 Å². The Kier molecular flexibility index (Phi) is 15.9. The van der Waals surface area contributed by atoms with Gasteiger partial charge in [0.25, 0.3) is 10.1 Å². The Balaban J connectivity index is 0. The molecule has 2 aromatic carbocycles. The molecule has 4 aromatic rings. The van der Waals surface area contributed by atoms with Gasteiger partial charge in [0.05, 0.1) is 16.0 Å². The molecule has 4 N–H and O–H groups in total. The summed E-state index contributed by atoms with van der Waals surface area (Å²) in [5, 5.41) is 19.4. The maximum atomic E-state index is 11.2. The summed E-state index contributed by atoms with van der Waals surface area (Å²) in [6, 6.07) is 7.34. The number of phenols is 2. The third-order valence-corrected chi connectivity index (χ3v) is 6.29. The summed E-state index contributed by atoms with van der Waals surface area (Å²) in [6.45, 7) is 0. The van der Waals surface area contributed by atoms with Crippen LogP contribution in [0, 0.1) is 0 Å². The minimum Gasteiger partial charge on any atom is -0.870 e. The number of phenolic OH excluding ortho intramolecular Hbond substituents is 2. The molecule has 3 radical (unpaired) electrons. The fraction of sp³-hybridized carbons (Fsp3) is 0. The normalized spacial score (nSPS) is 10.4. The number of benzene rings is 2. The zero-order chi connectivity index (χ0) is 25.3. The van der Waals surface area contributed by atoms with Crippen LogP contribution in [0.2, 0.25) is 0 Å². The summed E-state index contributed by atoms with van der Waals surface area (Å²) in [5.74, 6) is -0.856. The molecule has 189 valence electrons. The van der Waals surface area contributed by atoms with E-state index in [0.29, 0.717) is 0 Å². The molecule has 0 amide bonds. The van der Waals surface area contributed by atoms with Crippen LogP contribution in [-0.4, -0.2) is 88.6 Å². The predicted octanol–water partition coefficient (Wildman–Crippen LogP) is -4.89. The molecule has 2 aromatic heterocycles. The Bertz CT molecular complexity index is 1560. The number of rotatable bonds is 4.